The minimum absolute atomic E-state index is 0.0805. The monoisotopic (exact) mass is 263 g/mol. The molecule has 0 unspecified atom stereocenters. The standard InChI is InChI=1S/C11H4ClN2O2S/c12-9-1-5-6-2-13-7(4-15)10(16)11(6)17-8(5)3-14-9/h1-3,16H. The second-order valence-electron chi connectivity index (χ2n) is 3.41. The summed E-state index contributed by atoms with van der Waals surface area (Å²) >= 11 is 7.16. The molecule has 0 bridgehead atoms. The Morgan fingerprint density at radius 1 is 1.29 bits per heavy atom. The van der Waals surface area contributed by atoms with Gasteiger partial charge >= 0.3 is 0 Å². The van der Waals surface area contributed by atoms with Gasteiger partial charge in [-0.3, -0.25) is 4.79 Å². The molecule has 0 aromatic carbocycles. The molecule has 3 heterocycles. The summed E-state index contributed by atoms with van der Waals surface area (Å²) in [6.07, 6.45) is 4.76. The quantitative estimate of drug-likeness (QED) is 0.686. The van der Waals surface area contributed by atoms with Crippen molar-refractivity contribution in [1.29, 1.82) is 0 Å². The Kier molecular flexibility index (Phi) is 2.24. The van der Waals surface area contributed by atoms with Gasteiger partial charge in [-0.15, -0.1) is 11.3 Å². The van der Waals surface area contributed by atoms with Crippen LogP contribution in [-0.4, -0.2) is 21.4 Å². The van der Waals surface area contributed by atoms with Crippen molar-refractivity contribution in [2.45, 2.75) is 0 Å². The number of aromatic nitrogens is 2. The third-order valence-electron chi connectivity index (χ3n) is 2.44. The molecule has 0 saturated carbocycles. The van der Waals surface area contributed by atoms with Crippen LogP contribution in [-0.2, 0) is 4.79 Å². The molecule has 0 saturated heterocycles. The fourth-order valence-corrected chi connectivity index (χ4v) is 2.90. The van der Waals surface area contributed by atoms with Crippen LogP contribution < -0.4 is 0 Å². The first-order valence-corrected chi connectivity index (χ1v) is 5.84. The zero-order valence-electron chi connectivity index (χ0n) is 8.27. The maximum Gasteiger partial charge on any atom is 0.257 e. The Bertz CT molecular complexity index is 754. The highest BCUT2D eigenvalue weighted by Crippen LogP contribution is 2.39. The Hall–Kier alpha value is -1.72. The zero-order valence-corrected chi connectivity index (χ0v) is 9.84. The van der Waals surface area contributed by atoms with Gasteiger partial charge in [-0.2, -0.15) is 0 Å². The van der Waals surface area contributed by atoms with Crippen molar-refractivity contribution in [3.8, 4) is 5.75 Å². The number of pyridine rings is 2. The van der Waals surface area contributed by atoms with Gasteiger partial charge in [0.1, 0.15) is 5.15 Å². The number of nitrogens with zero attached hydrogens (tertiary/aromatic N) is 2. The van der Waals surface area contributed by atoms with E-state index < -0.39 is 0 Å². The fourth-order valence-electron chi connectivity index (χ4n) is 1.67. The van der Waals surface area contributed by atoms with Crippen LogP contribution in [0.3, 0.4) is 0 Å². The summed E-state index contributed by atoms with van der Waals surface area (Å²) in [6.45, 7) is 0. The van der Waals surface area contributed by atoms with E-state index in [0.29, 0.717) is 9.85 Å². The van der Waals surface area contributed by atoms with E-state index in [1.165, 1.54) is 17.5 Å². The highest BCUT2D eigenvalue weighted by Gasteiger charge is 2.13. The number of thiophene rings is 1. The summed E-state index contributed by atoms with van der Waals surface area (Å²) in [5.41, 5.74) is -0.0805. The minimum atomic E-state index is -0.144. The summed E-state index contributed by atoms with van der Waals surface area (Å²) in [4.78, 5) is 18.4. The molecule has 1 N–H and O–H groups in total. The second-order valence-corrected chi connectivity index (χ2v) is 4.84. The van der Waals surface area contributed by atoms with Gasteiger partial charge in [0.2, 0.25) is 0 Å². The van der Waals surface area contributed by atoms with Gasteiger partial charge in [0.15, 0.2) is 11.4 Å². The molecule has 0 aliphatic carbocycles. The smallest absolute Gasteiger partial charge is 0.257 e. The van der Waals surface area contributed by atoms with Crippen molar-refractivity contribution in [3.05, 3.63) is 29.3 Å². The van der Waals surface area contributed by atoms with Gasteiger partial charge in [0, 0.05) is 23.2 Å². The van der Waals surface area contributed by atoms with Gasteiger partial charge in [-0.05, 0) is 6.07 Å². The molecule has 0 atom stereocenters. The number of hydrogen-bond donors (Lipinski definition) is 1. The number of carbonyl (C=O) groups excluding carboxylic acids is 1. The van der Waals surface area contributed by atoms with Gasteiger partial charge in [-0.1, -0.05) is 11.6 Å². The van der Waals surface area contributed by atoms with Crippen molar-refractivity contribution >= 4 is 49.4 Å². The number of halogens is 1. The molecule has 83 valence electrons. The van der Waals surface area contributed by atoms with Crippen LogP contribution in [0.5, 0.6) is 5.75 Å². The minimum Gasteiger partial charge on any atom is -0.504 e. The van der Waals surface area contributed by atoms with Crippen molar-refractivity contribution in [2.24, 2.45) is 0 Å². The lowest BCUT2D eigenvalue weighted by atomic mass is 10.2. The Morgan fingerprint density at radius 2 is 2.12 bits per heavy atom. The van der Waals surface area contributed by atoms with Gasteiger partial charge in [0.25, 0.3) is 6.29 Å². The van der Waals surface area contributed by atoms with Crippen molar-refractivity contribution in [1.82, 2.24) is 9.97 Å². The normalized spacial score (nSPS) is 11.1. The van der Waals surface area contributed by atoms with Crippen molar-refractivity contribution in [2.75, 3.05) is 0 Å². The molecule has 4 nitrogen and oxygen atoms in total. The van der Waals surface area contributed by atoms with Gasteiger partial charge in [0.05, 0.1) is 9.40 Å². The lowest BCUT2D eigenvalue weighted by molar-refractivity contribution is 0.476. The van der Waals surface area contributed by atoms with E-state index in [1.807, 2.05) is 0 Å². The van der Waals surface area contributed by atoms with Crippen LogP contribution in [0.1, 0.15) is 5.69 Å². The molecule has 0 amide bonds. The molecule has 6 heteroatoms. The molecule has 3 aromatic rings. The van der Waals surface area contributed by atoms with Crippen LogP contribution in [0.15, 0.2) is 18.5 Å². The first-order chi connectivity index (χ1) is 8.20. The lowest BCUT2D eigenvalue weighted by Gasteiger charge is -1.96. The van der Waals surface area contributed by atoms with E-state index >= 15 is 0 Å². The van der Waals surface area contributed by atoms with Crippen LogP contribution in [0.25, 0.3) is 20.2 Å². The Balaban J connectivity index is 2.51. The van der Waals surface area contributed by atoms with E-state index in [9.17, 15) is 9.90 Å². The molecule has 1 radical (unpaired) electrons. The largest absolute Gasteiger partial charge is 0.504 e. The third-order valence-corrected chi connectivity index (χ3v) is 3.81. The highest BCUT2D eigenvalue weighted by molar-refractivity contribution is 7.26. The molecule has 3 rings (SSSR count). The summed E-state index contributed by atoms with van der Waals surface area (Å²) in [6, 6.07) is 1.71. The van der Waals surface area contributed by atoms with E-state index in [0.717, 1.165) is 15.5 Å². The predicted molar refractivity (Wildman–Crippen MR) is 66.4 cm³/mol. The summed E-state index contributed by atoms with van der Waals surface area (Å²) in [5.74, 6) is -0.144. The SMILES string of the molecule is O=[C]c1ncc2c(sc3cnc(Cl)cc32)c1O. The average molecular weight is 264 g/mol. The van der Waals surface area contributed by atoms with E-state index in [2.05, 4.69) is 9.97 Å². The molecule has 0 aliphatic heterocycles. The van der Waals surface area contributed by atoms with Gasteiger partial charge < -0.3 is 5.11 Å². The van der Waals surface area contributed by atoms with Crippen molar-refractivity contribution < 1.29 is 9.90 Å². The van der Waals surface area contributed by atoms with E-state index in [1.54, 1.807) is 18.5 Å². The number of hydrogen-bond acceptors (Lipinski definition) is 5. The summed E-state index contributed by atoms with van der Waals surface area (Å²) in [7, 11) is 0. The molecule has 0 spiro atoms. The molecular weight excluding hydrogens is 260 g/mol. The van der Waals surface area contributed by atoms with Crippen LogP contribution >= 0.6 is 22.9 Å². The lowest BCUT2D eigenvalue weighted by Crippen LogP contribution is -1.86. The second kappa shape index (κ2) is 3.65. The molecule has 17 heavy (non-hydrogen) atoms. The molecule has 3 aromatic heterocycles. The Morgan fingerprint density at radius 3 is 2.88 bits per heavy atom. The maximum atomic E-state index is 10.6. The average Bonchev–Trinajstić information content (AvgIpc) is 2.69. The predicted octanol–water partition coefficient (Wildman–Crippen LogP) is 2.66. The number of aromatic hydroxyl groups is 1. The van der Waals surface area contributed by atoms with Crippen LogP contribution in [0.4, 0.5) is 0 Å². The molecular formula is C11H4ClN2O2S. The zero-order chi connectivity index (χ0) is 12.0. The molecule has 0 aliphatic rings. The van der Waals surface area contributed by atoms with E-state index in [4.69, 9.17) is 11.6 Å². The first-order valence-electron chi connectivity index (χ1n) is 4.64. The Labute approximate surface area is 104 Å². The number of rotatable bonds is 1. The maximum absolute atomic E-state index is 10.6. The third kappa shape index (κ3) is 1.47. The summed E-state index contributed by atoms with van der Waals surface area (Å²) in [5, 5.41) is 11.9. The first kappa shape index (κ1) is 10.4. The summed E-state index contributed by atoms with van der Waals surface area (Å²) < 4.78 is 1.47. The molecule has 0 fully saturated rings. The van der Waals surface area contributed by atoms with Gasteiger partial charge in [-0.25, -0.2) is 9.97 Å². The van der Waals surface area contributed by atoms with Crippen molar-refractivity contribution in [3.63, 3.8) is 0 Å². The van der Waals surface area contributed by atoms with E-state index in [-0.39, 0.29) is 11.4 Å². The van der Waals surface area contributed by atoms with Crippen LogP contribution in [0, 0.1) is 0 Å². The highest BCUT2D eigenvalue weighted by atomic mass is 35.5. The number of fused-ring (bicyclic) bond motifs is 3. The van der Waals surface area contributed by atoms with Crippen LogP contribution in [0.2, 0.25) is 5.15 Å². The fraction of sp³-hybridized carbons (Fsp3) is 0. The topological polar surface area (TPSA) is 63.1 Å².